The average Bonchev–Trinajstić information content (AvgIpc) is 2.93. The summed E-state index contributed by atoms with van der Waals surface area (Å²) in [6.07, 6.45) is 3.70. The molecule has 0 radical (unpaired) electrons. The van der Waals surface area contributed by atoms with Crippen molar-refractivity contribution in [1.29, 1.82) is 0 Å². The van der Waals surface area contributed by atoms with Gasteiger partial charge in [-0.1, -0.05) is 24.4 Å². The lowest BCUT2D eigenvalue weighted by Gasteiger charge is -2.28. The summed E-state index contributed by atoms with van der Waals surface area (Å²) in [6, 6.07) is 2.93. The van der Waals surface area contributed by atoms with Crippen molar-refractivity contribution in [2.75, 3.05) is 18.9 Å². The highest BCUT2D eigenvalue weighted by molar-refractivity contribution is 7.89. The van der Waals surface area contributed by atoms with Gasteiger partial charge in [-0.05, 0) is 37.5 Å². The number of halogens is 1. The lowest BCUT2D eigenvalue weighted by Crippen LogP contribution is -2.41. The molecule has 118 valence electrons. The van der Waals surface area contributed by atoms with Crippen LogP contribution in [0.25, 0.3) is 0 Å². The number of rotatable bonds is 5. The van der Waals surface area contributed by atoms with Crippen LogP contribution in [0, 0.1) is 6.92 Å². The molecule has 0 heterocycles. The van der Waals surface area contributed by atoms with Crippen LogP contribution in [-0.2, 0) is 10.0 Å². The van der Waals surface area contributed by atoms with Gasteiger partial charge < -0.3 is 10.8 Å². The number of sulfonamides is 1. The number of anilines is 1. The number of benzene rings is 1. The Labute approximate surface area is 130 Å². The van der Waals surface area contributed by atoms with Gasteiger partial charge in [0, 0.05) is 12.6 Å². The highest BCUT2D eigenvalue weighted by Gasteiger charge is 2.33. The van der Waals surface area contributed by atoms with Gasteiger partial charge >= 0.3 is 0 Å². The molecule has 1 aromatic carbocycles. The lowest BCUT2D eigenvalue weighted by atomic mass is 10.2. The summed E-state index contributed by atoms with van der Waals surface area (Å²) in [5, 5.41) is 9.57. The van der Waals surface area contributed by atoms with Crippen molar-refractivity contribution in [2.24, 2.45) is 0 Å². The lowest BCUT2D eigenvalue weighted by molar-refractivity contribution is 0.226. The molecule has 0 atom stereocenters. The van der Waals surface area contributed by atoms with Gasteiger partial charge in [0.15, 0.2) is 0 Å². The molecule has 7 heteroatoms. The van der Waals surface area contributed by atoms with Gasteiger partial charge in [0.1, 0.15) is 0 Å². The first-order chi connectivity index (χ1) is 9.87. The molecule has 0 bridgehead atoms. The van der Waals surface area contributed by atoms with E-state index in [-0.39, 0.29) is 29.8 Å². The largest absolute Gasteiger partial charge is 0.397 e. The Morgan fingerprint density at radius 3 is 2.57 bits per heavy atom. The molecule has 0 aromatic heterocycles. The van der Waals surface area contributed by atoms with Crippen LogP contribution in [0.1, 0.15) is 31.2 Å². The molecule has 0 saturated heterocycles. The Kier molecular flexibility index (Phi) is 5.14. The fourth-order valence-corrected chi connectivity index (χ4v) is 5.00. The SMILES string of the molecule is Cc1cc(Cl)c(N)cc1S(=O)(=O)N(CCO)C1CCCC1. The van der Waals surface area contributed by atoms with Gasteiger partial charge in [-0.3, -0.25) is 0 Å². The van der Waals surface area contributed by atoms with Gasteiger partial charge in [0.2, 0.25) is 10.0 Å². The minimum atomic E-state index is -3.68. The van der Waals surface area contributed by atoms with Crippen molar-refractivity contribution in [3.63, 3.8) is 0 Å². The topological polar surface area (TPSA) is 83.6 Å². The van der Waals surface area contributed by atoms with Crippen molar-refractivity contribution < 1.29 is 13.5 Å². The second kappa shape index (κ2) is 6.52. The van der Waals surface area contributed by atoms with Gasteiger partial charge in [0.25, 0.3) is 0 Å². The number of hydrogen-bond donors (Lipinski definition) is 2. The monoisotopic (exact) mass is 332 g/mol. The third kappa shape index (κ3) is 3.34. The van der Waals surface area contributed by atoms with E-state index in [0.29, 0.717) is 10.6 Å². The number of aliphatic hydroxyl groups is 1. The van der Waals surface area contributed by atoms with Crippen molar-refractivity contribution in [1.82, 2.24) is 4.31 Å². The summed E-state index contributed by atoms with van der Waals surface area (Å²) in [5.41, 5.74) is 6.56. The van der Waals surface area contributed by atoms with Crippen molar-refractivity contribution >= 4 is 27.3 Å². The summed E-state index contributed by atoms with van der Waals surface area (Å²) in [6.45, 7) is 1.61. The molecule has 0 unspecified atom stereocenters. The van der Waals surface area contributed by atoms with Crippen LogP contribution in [0.4, 0.5) is 5.69 Å². The second-order valence-electron chi connectivity index (χ2n) is 5.42. The highest BCUT2D eigenvalue weighted by Crippen LogP contribution is 2.32. The summed E-state index contributed by atoms with van der Waals surface area (Å²) in [7, 11) is -3.68. The zero-order valence-corrected chi connectivity index (χ0v) is 13.6. The van der Waals surface area contributed by atoms with E-state index in [1.807, 2.05) is 0 Å². The molecule has 21 heavy (non-hydrogen) atoms. The maximum atomic E-state index is 12.9. The Bertz CT molecular complexity index is 613. The van der Waals surface area contributed by atoms with Crippen molar-refractivity contribution in [3.05, 3.63) is 22.7 Å². The van der Waals surface area contributed by atoms with Crippen LogP contribution in [0.5, 0.6) is 0 Å². The molecule has 0 amide bonds. The number of nitrogens with zero attached hydrogens (tertiary/aromatic N) is 1. The quantitative estimate of drug-likeness (QED) is 0.809. The summed E-state index contributed by atoms with van der Waals surface area (Å²) >= 11 is 5.93. The maximum Gasteiger partial charge on any atom is 0.243 e. The van der Waals surface area contributed by atoms with Crippen LogP contribution >= 0.6 is 11.6 Å². The van der Waals surface area contributed by atoms with E-state index in [4.69, 9.17) is 17.3 Å². The molecule has 1 aromatic rings. The van der Waals surface area contributed by atoms with Crippen LogP contribution < -0.4 is 5.73 Å². The average molecular weight is 333 g/mol. The molecule has 1 aliphatic rings. The number of hydrogen-bond acceptors (Lipinski definition) is 4. The summed E-state index contributed by atoms with van der Waals surface area (Å²) < 4.78 is 27.2. The third-order valence-corrected chi connectivity index (χ3v) is 6.35. The zero-order valence-electron chi connectivity index (χ0n) is 12.0. The minimum Gasteiger partial charge on any atom is -0.397 e. The predicted molar refractivity (Wildman–Crippen MR) is 83.8 cm³/mol. The number of nitrogen functional groups attached to an aromatic ring is 1. The zero-order chi connectivity index (χ0) is 15.6. The first-order valence-corrected chi connectivity index (χ1v) is 8.88. The smallest absolute Gasteiger partial charge is 0.243 e. The molecule has 1 aliphatic carbocycles. The normalized spacial score (nSPS) is 16.8. The van der Waals surface area contributed by atoms with Gasteiger partial charge in [0.05, 0.1) is 22.2 Å². The van der Waals surface area contributed by atoms with E-state index in [9.17, 15) is 13.5 Å². The van der Waals surface area contributed by atoms with Crippen LogP contribution in [0.2, 0.25) is 5.02 Å². The first-order valence-electron chi connectivity index (χ1n) is 7.06. The van der Waals surface area contributed by atoms with E-state index in [2.05, 4.69) is 0 Å². The molecule has 3 N–H and O–H groups in total. The Balaban J connectivity index is 2.45. The molecule has 1 saturated carbocycles. The predicted octanol–water partition coefficient (Wildman–Crippen LogP) is 2.16. The fraction of sp³-hybridized carbons (Fsp3) is 0.571. The van der Waals surface area contributed by atoms with E-state index in [1.165, 1.54) is 10.4 Å². The van der Waals surface area contributed by atoms with Crippen LogP contribution in [0.3, 0.4) is 0 Å². The third-order valence-electron chi connectivity index (χ3n) is 3.93. The first kappa shape index (κ1) is 16.5. The van der Waals surface area contributed by atoms with Crippen molar-refractivity contribution in [2.45, 2.75) is 43.5 Å². The van der Waals surface area contributed by atoms with E-state index in [1.54, 1.807) is 13.0 Å². The van der Waals surface area contributed by atoms with Crippen LogP contribution in [-0.4, -0.2) is 37.0 Å². The molecule has 0 aliphatic heterocycles. The molecule has 2 rings (SSSR count). The minimum absolute atomic E-state index is 0.0431. The molecule has 5 nitrogen and oxygen atoms in total. The van der Waals surface area contributed by atoms with Crippen LogP contribution in [0.15, 0.2) is 17.0 Å². The maximum absolute atomic E-state index is 12.9. The van der Waals surface area contributed by atoms with E-state index < -0.39 is 10.0 Å². The fourth-order valence-electron chi connectivity index (χ4n) is 2.86. The summed E-state index contributed by atoms with van der Waals surface area (Å²) in [4.78, 5) is 0.171. The number of aryl methyl sites for hydroxylation is 1. The molecular formula is C14H21ClN2O3S. The van der Waals surface area contributed by atoms with Gasteiger partial charge in [-0.25, -0.2) is 8.42 Å². The van der Waals surface area contributed by atoms with E-state index >= 15 is 0 Å². The van der Waals surface area contributed by atoms with E-state index in [0.717, 1.165) is 25.7 Å². The second-order valence-corrected chi connectivity index (χ2v) is 7.68. The Morgan fingerprint density at radius 2 is 2.00 bits per heavy atom. The highest BCUT2D eigenvalue weighted by atomic mass is 35.5. The Morgan fingerprint density at radius 1 is 1.38 bits per heavy atom. The number of aliphatic hydroxyl groups excluding tert-OH is 1. The summed E-state index contributed by atoms with van der Waals surface area (Å²) in [5.74, 6) is 0. The molecule has 0 spiro atoms. The molecular weight excluding hydrogens is 312 g/mol. The van der Waals surface area contributed by atoms with Crippen molar-refractivity contribution in [3.8, 4) is 0 Å². The number of nitrogens with two attached hydrogens (primary N) is 1. The Hall–Kier alpha value is -0.820. The van der Waals surface area contributed by atoms with Gasteiger partial charge in [-0.2, -0.15) is 4.31 Å². The van der Waals surface area contributed by atoms with Gasteiger partial charge in [-0.15, -0.1) is 0 Å². The molecule has 1 fully saturated rings. The standard InChI is InChI=1S/C14H21ClN2O3S/c1-10-8-12(15)13(16)9-14(10)21(19,20)17(6-7-18)11-4-2-3-5-11/h8-9,11,18H,2-7,16H2,1H3.